The van der Waals surface area contributed by atoms with Gasteiger partial charge in [-0.05, 0) is 26.0 Å². The Morgan fingerprint density at radius 2 is 1.47 bits per heavy atom. The fourth-order valence-electron chi connectivity index (χ4n) is 3.14. The number of hydrogen-bond acceptors (Lipinski definition) is 6. The van der Waals surface area contributed by atoms with Gasteiger partial charge in [-0.25, -0.2) is 0 Å². The molecule has 3 rings (SSSR count). The molecular weight excluding hydrogens is 384 g/mol. The number of phenolic OH excluding ortho intramolecular Hbond substituents is 3. The third-order valence-electron chi connectivity index (χ3n) is 4.49. The first-order valence-corrected chi connectivity index (χ1v) is 9.08. The summed E-state index contributed by atoms with van der Waals surface area (Å²) in [5, 5.41) is 31.4. The highest BCUT2D eigenvalue weighted by Crippen LogP contribution is 2.41. The Morgan fingerprint density at radius 1 is 0.933 bits per heavy atom. The lowest BCUT2D eigenvalue weighted by molar-refractivity contribution is 0.373. The number of ether oxygens (including phenoxy) is 1. The average molecular weight is 406 g/mol. The Morgan fingerprint density at radius 3 is 2.03 bits per heavy atom. The van der Waals surface area contributed by atoms with Crippen molar-refractivity contribution in [3.05, 3.63) is 69.9 Å². The lowest BCUT2D eigenvalue weighted by Crippen LogP contribution is -2.06. The summed E-state index contributed by atoms with van der Waals surface area (Å²) in [6.45, 7) is 11.1. The molecule has 6 heteroatoms. The SMILES string of the molecule is C=C(C)/C=C/c1c(O)cc2oc3cc(O)c(OC)c(/C=C/C(=C)C)c3c(=O)c2c1O. The molecule has 0 fully saturated rings. The predicted octanol–water partition coefficient (Wildman–Crippen LogP) is 5.25. The minimum atomic E-state index is -0.534. The second-order valence-electron chi connectivity index (χ2n) is 7.04. The van der Waals surface area contributed by atoms with Crippen molar-refractivity contribution < 1.29 is 24.5 Å². The van der Waals surface area contributed by atoms with Gasteiger partial charge in [0.2, 0.25) is 5.43 Å². The fraction of sp³-hybridized carbons (Fsp3) is 0.125. The molecule has 0 amide bonds. The number of allylic oxidation sites excluding steroid dienone is 4. The van der Waals surface area contributed by atoms with E-state index in [2.05, 4.69) is 13.2 Å². The minimum Gasteiger partial charge on any atom is -0.507 e. The zero-order valence-corrected chi connectivity index (χ0v) is 16.9. The standard InChI is InChI=1S/C24H22O6/c1-12(2)6-8-14-16(25)10-19-21(22(14)27)23(28)20-15(9-7-13(3)4)24(29-5)17(26)11-18(20)30-19/h6-11,25-27H,1,3H2,2,4-5H3/b8-6+,9-7+. The maximum absolute atomic E-state index is 13.4. The highest BCUT2D eigenvalue weighted by molar-refractivity contribution is 6.01. The van der Waals surface area contributed by atoms with Crippen molar-refractivity contribution in [1.29, 1.82) is 0 Å². The van der Waals surface area contributed by atoms with Gasteiger partial charge in [0, 0.05) is 17.7 Å². The molecule has 3 aromatic rings. The van der Waals surface area contributed by atoms with Crippen molar-refractivity contribution in [1.82, 2.24) is 0 Å². The van der Waals surface area contributed by atoms with Crippen LogP contribution < -0.4 is 10.2 Å². The molecule has 1 heterocycles. The van der Waals surface area contributed by atoms with E-state index in [0.29, 0.717) is 5.57 Å². The van der Waals surface area contributed by atoms with E-state index in [1.54, 1.807) is 32.1 Å². The van der Waals surface area contributed by atoms with Crippen LogP contribution in [0.5, 0.6) is 23.0 Å². The zero-order valence-electron chi connectivity index (χ0n) is 16.9. The maximum Gasteiger partial charge on any atom is 0.205 e. The van der Waals surface area contributed by atoms with Gasteiger partial charge in [-0.15, -0.1) is 0 Å². The molecule has 30 heavy (non-hydrogen) atoms. The largest absolute Gasteiger partial charge is 0.507 e. The smallest absolute Gasteiger partial charge is 0.205 e. The van der Waals surface area contributed by atoms with Crippen molar-refractivity contribution in [3.63, 3.8) is 0 Å². The first-order valence-electron chi connectivity index (χ1n) is 9.08. The minimum absolute atomic E-state index is 0.0191. The Kier molecular flexibility index (Phi) is 5.43. The molecule has 0 atom stereocenters. The van der Waals surface area contributed by atoms with Crippen LogP contribution in [0.3, 0.4) is 0 Å². The van der Waals surface area contributed by atoms with Gasteiger partial charge in [0.1, 0.15) is 28.1 Å². The summed E-state index contributed by atoms with van der Waals surface area (Å²) in [6.07, 6.45) is 6.32. The lowest BCUT2D eigenvalue weighted by Gasteiger charge is -2.13. The second kappa shape index (κ2) is 7.83. The summed E-state index contributed by atoms with van der Waals surface area (Å²) in [7, 11) is 1.37. The van der Waals surface area contributed by atoms with Crippen LogP contribution in [0.25, 0.3) is 34.1 Å². The third-order valence-corrected chi connectivity index (χ3v) is 4.49. The van der Waals surface area contributed by atoms with E-state index in [1.165, 1.54) is 25.3 Å². The number of phenols is 3. The van der Waals surface area contributed by atoms with Gasteiger partial charge < -0.3 is 24.5 Å². The van der Waals surface area contributed by atoms with E-state index in [-0.39, 0.29) is 50.3 Å². The number of aromatic hydroxyl groups is 3. The van der Waals surface area contributed by atoms with Crippen molar-refractivity contribution in [3.8, 4) is 23.0 Å². The molecule has 2 aromatic carbocycles. The highest BCUT2D eigenvalue weighted by Gasteiger charge is 2.22. The normalized spacial score (nSPS) is 11.7. The summed E-state index contributed by atoms with van der Waals surface area (Å²) in [5.74, 6) is -0.809. The third kappa shape index (κ3) is 3.55. The van der Waals surface area contributed by atoms with Crippen LogP contribution in [0, 0.1) is 0 Å². The number of rotatable bonds is 5. The second-order valence-corrected chi connectivity index (χ2v) is 7.04. The summed E-state index contributed by atoms with van der Waals surface area (Å²) in [6, 6.07) is 2.51. The van der Waals surface area contributed by atoms with Crippen LogP contribution in [-0.4, -0.2) is 22.4 Å². The molecule has 0 saturated heterocycles. The molecule has 0 unspecified atom stereocenters. The molecule has 0 saturated carbocycles. The predicted molar refractivity (Wildman–Crippen MR) is 119 cm³/mol. The first kappa shape index (κ1) is 20.8. The maximum atomic E-state index is 13.4. The van der Waals surface area contributed by atoms with Crippen LogP contribution in [0.2, 0.25) is 0 Å². The fourth-order valence-corrected chi connectivity index (χ4v) is 3.14. The van der Waals surface area contributed by atoms with Gasteiger partial charge in [-0.2, -0.15) is 0 Å². The first-order chi connectivity index (χ1) is 14.1. The molecular formula is C24H22O6. The van der Waals surface area contributed by atoms with Gasteiger partial charge >= 0.3 is 0 Å². The molecule has 154 valence electrons. The van der Waals surface area contributed by atoms with E-state index >= 15 is 0 Å². The summed E-state index contributed by atoms with van der Waals surface area (Å²) < 4.78 is 11.1. The van der Waals surface area contributed by atoms with E-state index in [1.807, 2.05) is 0 Å². The van der Waals surface area contributed by atoms with Crippen molar-refractivity contribution in [2.24, 2.45) is 0 Å². The van der Waals surface area contributed by atoms with E-state index in [9.17, 15) is 20.1 Å². The molecule has 0 aliphatic rings. The molecule has 0 radical (unpaired) electrons. The average Bonchev–Trinajstić information content (AvgIpc) is 2.64. The summed E-state index contributed by atoms with van der Waals surface area (Å²) in [4.78, 5) is 13.4. The summed E-state index contributed by atoms with van der Waals surface area (Å²) in [5.41, 5.74) is 1.31. The lowest BCUT2D eigenvalue weighted by atomic mass is 10.0. The quantitative estimate of drug-likeness (QED) is 0.395. The molecule has 0 aliphatic heterocycles. The molecule has 3 N–H and O–H groups in total. The molecule has 0 aliphatic carbocycles. The van der Waals surface area contributed by atoms with Crippen molar-refractivity contribution >= 4 is 34.1 Å². The highest BCUT2D eigenvalue weighted by atomic mass is 16.5. The molecule has 1 aromatic heterocycles. The van der Waals surface area contributed by atoms with Crippen LogP contribution in [0.15, 0.2) is 57.8 Å². The number of methoxy groups -OCH3 is 1. The van der Waals surface area contributed by atoms with Gasteiger partial charge in [0.15, 0.2) is 11.5 Å². The van der Waals surface area contributed by atoms with Gasteiger partial charge in [0.25, 0.3) is 0 Å². The zero-order chi connectivity index (χ0) is 22.2. The number of fused-ring (bicyclic) bond motifs is 2. The molecule has 0 bridgehead atoms. The van der Waals surface area contributed by atoms with Crippen molar-refractivity contribution in [2.45, 2.75) is 13.8 Å². The Labute approximate surface area is 173 Å². The van der Waals surface area contributed by atoms with Gasteiger partial charge in [0.05, 0.1) is 18.1 Å². The molecule has 6 nitrogen and oxygen atoms in total. The van der Waals surface area contributed by atoms with Crippen LogP contribution in [0.1, 0.15) is 25.0 Å². The molecule has 0 spiro atoms. The van der Waals surface area contributed by atoms with E-state index in [4.69, 9.17) is 9.15 Å². The van der Waals surface area contributed by atoms with Gasteiger partial charge in [-0.1, -0.05) is 36.5 Å². The Hall–Kier alpha value is -3.93. The Balaban J connectivity index is 2.51. The summed E-state index contributed by atoms with van der Waals surface area (Å²) >= 11 is 0. The van der Waals surface area contributed by atoms with Crippen LogP contribution in [-0.2, 0) is 0 Å². The van der Waals surface area contributed by atoms with E-state index in [0.717, 1.165) is 5.57 Å². The van der Waals surface area contributed by atoms with Crippen LogP contribution >= 0.6 is 0 Å². The number of hydrogen-bond donors (Lipinski definition) is 3. The van der Waals surface area contributed by atoms with Crippen LogP contribution in [0.4, 0.5) is 0 Å². The van der Waals surface area contributed by atoms with Crippen molar-refractivity contribution in [2.75, 3.05) is 7.11 Å². The monoisotopic (exact) mass is 406 g/mol. The van der Waals surface area contributed by atoms with E-state index < -0.39 is 11.2 Å². The Bertz CT molecular complexity index is 1320. The number of benzene rings is 2. The topological polar surface area (TPSA) is 100 Å². The van der Waals surface area contributed by atoms with Gasteiger partial charge in [-0.3, -0.25) is 4.79 Å².